The molecule has 0 aromatic rings. The first kappa shape index (κ1) is 13.8. The van der Waals surface area contributed by atoms with Crippen molar-refractivity contribution >= 4 is 5.97 Å². The van der Waals surface area contributed by atoms with Crippen LogP contribution in [0.15, 0.2) is 11.5 Å². The molecule has 0 aliphatic carbocycles. The van der Waals surface area contributed by atoms with Crippen molar-refractivity contribution in [3.63, 3.8) is 0 Å². The summed E-state index contributed by atoms with van der Waals surface area (Å²) in [5.41, 5.74) is 0. The Bertz CT molecular complexity index is 221. The average Bonchev–Trinajstić information content (AvgIpc) is 2.23. The highest BCUT2D eigenvalue weighted by molar-refractivity contribution is 5.86. The maximum absolute atomic E-state index is 11.5. The molecule has 0 aliphatic heterocycles. The molecule has 4 heteroatoms. The van der Waals surface area contributed by atoms with E-state index in [1.807, 2.05) is 20.8 Å². The van der Waals surface area contributed by atoms with Gasteiger partial charge in [-0.05, 0) is 20.8 Å². The quantitative estimate of drug-likeness (QED) is 0.372. The molecule has 0 atom stereocenters. The largest absolute Gasteiger partial charge is 0.494 e. The molecule has 0 bridgehead atoms. The minimum absolute atomic E-state index is 0.198. The van der Waals surface area contributed by atoms with Gasteiger partial charge >= 0.3 is 5.97 Å². The van der Waals surface area contributed by atoms with E-state index >= 15 is 0 Å². The number of hydrogen-bond donors (Lipinski definition) is 0. The summed E-state index contributed by atoms with van der Waals surface area (Å²) in [6.07, 6.45) is 0.613. The van der Waals surface area contributed by atoms with Gasteiger partial charge in [0.05, 0.1) is 19.8 Å². The van der Waals surface area contributed by atoms with Crippen molar-refractivity contribution in [1.29, 1.82) is 0 Å². The highest BCUT2D eigenvalue weighted by atomic mass is 16.6. The maximum atomic E-state index is 11.5. The molecule has 0 aromatic heterocycles. The van der Waals surface area contributed by atoms with Crippen molar-refractivity contribution in [1.82, 2.24) is 0 Å². The number of esters is 1. The van der Waals surface area contributed by atoms with Crippen LogP contribution in [0.25, 0.3) is 0 Å². The van der Waals surface area contributed by atoms with Crippen LogP contribution in [0.5, 0.6) is 0 Å². The monoisotopic (exact) mass is 216 g/mol. The number of carbonyl (C=O) groups excluding carboxylic acids is 1. The highest BCUT2D eigenvalue weighted by Crippen LogP contribution is 2.13. The van der Waals surface area contributed by atoms with Crippen molar-refractivity contribution in [3.8, 4) is 0 Å². The third kappa shape index (κ3) is 4.72. The fourth-order valence-corrected chi connectivity index (χ4v) is 1.10. The van der Waals surface area contributed by atoms with E-state index in [2.05, 4.69) is 0 Å². The highest BCUT2D eigenvalue weighted by Gasteiger charge is 2.18. The van der Waals surface area contributed by atoms with E-state index in [-0.39, 0.29) is 5.76 Å². The standard InChI is InChI=1S/C11H20O4/c1-5-9(13-6-2)10(14-7-3)11(12)15-8-4/h5-8H2,1-4H3. The van der Waals surface area contributed by atoms with Gasteiger partial charge in [0.15, 0.2) is 0 Å². The van der Waals surface area contributed by atoms with Crippen LogP contribution < -0.4 is 0 Å². The minimum Gasteiger partial charge on any atom is -0.494 e. The molecule has 0 aliphatic rings. The van der Waals surface area contributed by atoms with Crippen LogP contribution in [0.1, 0.15) is 34.1 Å². The number of carbonyl (C=O) groups is 1. The maximum Gasteiger partial charge on any atom is 0.377 e. The van der Waals surface area contributed by atoms with Gasteiger partial charge in [-0.3, -0.25) is 0 Å². The molecule has 0 aromatic carbocycles. The molecule has 0 saturated carbocycles. The van der Waals surface area contributed by atoms with Crippen LogP contribution in [-0.2, 0) is 19.0 Å². The van der Waals surface area contributed by atoms with Crippen molar-refractivity contribution in [3.05, 3.63) is 11.5 Å². The Morgan fingerprint density at radius 3 is 1.80 bits per heavy atom. The normalized spacial score (nSPS) is 11.7. The van der Waals surface area contributed by atoms with E-state index in [0.29, 0.717) is 32.0 Å². The molecule has 0 N–H and O–H groups in total. The number of ether oxygens (including phenoxy) is 3. The lowest BCUT2D eigenvalue weighted by Gasteiger charge is -2.13. The lowest BCUT2D eigenvalue weighted by molar-refractivity contribution is -0.143. The third-order valence-electron chi connectivity index (χ3n) is 1.64. The predicted molar refractivity (Wildman–Crippen MR) is 57.2 cm³/mol. The minimum atomic E-state index is -0.454. The fraction of sp³-hybridized carbons (Fsp3) is 0.727. The second-order valence-electron chi connectivity index (χ2n) is 2.69. The first-order chi connectivity index (χ1) is 7.21. The van der Waals surface area contributed by atoms with Crippen molar-refractivity contribution in [2.45, 2.75) is 34.1 Å². The summed E-state index contributed by atoms with van der Waals surface area (Å²) in [6.45, 7) is 8.61. The SMILES string of the molecule is CCOC(=O)C(OCC)=C(CC)OCC. The van der Waals surface area contributed by atoms with Gasteiger partial charge in [0.2, 0.25) is 5.76 Å². The van der Waals surface area contributed by atoms with Gasteiger partial charge in [0, 0.05) is 6.42 Å². The Kier molecular flexibility index (Phi) is 7.50. The first-order valence-corrected chi connectivity index (χ1v) is 5.36. The van der Waals surface area contributed by atoms with Gasteiger partial charge in [-0.25, -0.2) is 4.79 Å². The summed E-state index contributed by atoms with van der Waals surface area (Å²) < 4.78 is 15.5. The Morgan fingerprint density at radius 2 is 1.40 bits per heavy atom. The molecule has 4 nitrogen and oxygen atoms in total. The zero-order valence-electron chi connectivity index (χ0n) is 9.96. The van der Waals surface area contributed by atoms with Crippen LogP contribution >= 0.6 is 0 Å². The Hall–Kier alpha value is -1.19. The van der Waals surface area contributed by atoms with E-state index in [4.69, 9.17) is 14.2 Å². The Morgan fingerprint density at radius 1 is 0.867 bits per heavy atom. The van der Waals surface area contributed by atoms with Crippen LogP contribution in [0.2, 0.25) is 0 Å². The van der Waals surface area contributed by atoms with Crippen LogP contribution in [0.4, 0.5) is 0 Å². The smallest absolute Gasteiger partial charge is 0.377 e. The molecule has 15 heavy (non-hydrogen) atoms. The second kappa shape index (κ2) is 8.15. The molecule has 0 radical (unpaired) electrons. The van der Waals surface area contributed by atoms with E-state index < -0.39 is 5.97 Å². The molecular weight excluding hydrogens is 196 g/mol. The summed E-state index contributed by atoms with van der Waals surface area (Å²) in [5.74, 6) is 0.297. The van der Waals surface area contributed by atoms with Gasteiger partial charge in [-0.15, -0.1) is 0 Å². The predicted octanol–water partition coefficient (Wildman–Crippen LogP) is 2.24. The summed E-state index contributed by atoms with van der Waals surface area (Å²) >= 11 is 0. The molecule has 0 spiro atoms. The van der Waals surface area contributed by atoms with E-state index in [0.717, 1.165) is 0 Å². The number of hydrogen-bond acceptors (Lipinski definition) is 4. The number of rotatable bonds is 7. The molecule has 0 fully saturated rings. The van der Waals surface area contributed by atoms with Gasteiger partial charge < -0.3 is 14.2 Å². The molecule has 0 rings (SSSR count). The fourth-order valence-electron chi connectivity index (χ4n) is 1.10. The van der Waals surface area contributed by atoms with E-state index in [1.165, 1.54) is 0 Å². The molecule has 0 amide bonds. The molecular formula is C11H20O4. The lowest BCUT2D eigenvalue weighted by atomic mass is 10.3. The molecule has 88 valence electrons. The van der Waals surface area contributed by atoms with Crippen LogP contribution in [0.3, 0.4) is 0 Å². The zero-order valence-corrected chi connectivity index (χ0v) is 9.96. The summed E-state index contributed by atoms with van der Waals surface area (Å²) in [4.78, 5) is 11.5. The lowest BCUT2D eigenvalue weighted by Crippen LogP contribution is -2.14. The molecule has 0 unspecified atom stereocenters. The van der Waals surface area contributed by atoms with E-state index in [9.17, 15) is 4.79 Å². The van der Waals surface area contributed by atoms with Crippen LogP contribution in [-0.4, -0.2) is 25.8 Å². The van der Waals surface area contributed by atoms with Gasteiger partial charge in [-0.1, -0.05) is 6.92 Å². The third-order valence-corrected chi connectivity index (χ3v) is 1.64. The van der Waals surface area contributed by atoms with Gasteiger partial charge in [0.1, 0.15) is 5.76 Å². The molecule has 0 saturated heterocycles. The average molecular weight is 216 g/mol. The van der Waals surface area contributed by atoms with E-state index in [1.54, 1.807) is 6.92 Å². The molecule has 0 heterocycles. The number of allylic oxidation sites excluding steroid dienone is 1. The topological polar surface area (TPSA) is 44.8 Å². The summed E-state index contributed by atoms with van der Waals surface area (Å²) in [7, 11) is 0. The summed E-state index contributed by atoms with van der Waals surface area (Å²) in [6, 6.07) is 0. The van der Waals surface area contributed by atoms with Crippen molar-refractivity contribution in [2.75, 3.05) is 19.8 Å². The van der Waals surface area contributed by atoms with Gasteiger partial charge in [0.25, 0.3) is 0 Å². The zero-order chi connectivity index (χ0) is 11.7. The Labute approximate surface area is 91.2 Å². The van der Waals surface area contributed by atoms with Crippen molar-refractivity contribution < 1.29 is 19.0 Å². The van der Waals surface area contributed by atoms with Gasteiger partial charge in [-0.2, -0.15) is 0 Å². The first-order valence-electron chi connectivity index (χ1n) is 5.36. The van der Waals surface area contributed by atoms with Crippen LogP contribution in [0, 0.1) is 0 Å². The van der Waals surface area contributed by atoms with Crippen molar-refractivity contribution in [2.24, 2.45) is 0 Å². The second-order valence-corrected chi connectivity index (χ2v) is 2.69. The summed E-state index contributed by atoms with van der Waals surface area (Å²) in [5, 5.41) is 0. The Balaban J connectivity index is 4.77.